The van der Waals surface area contributed by atoms with Gasteiger partial charge in [0.2, 0.25) is 0 Å². The minimum atomic E-state index is -0.430. The van der Waals surface area contributed by atoms with Gasteiger partial charge >= 0.3 is 0 Å². The predicted octanol–water partition coefficient (Wildman–Crippen LogP) is 4.31. The average molecular weight is 571 g/mol. The number of carbonyl (C=O) groups is 3. The van der Waals surface area contributed by atoms with Crippen LogP contribution in [0, 0.1) is 0 Å². The lowest BCUT2D eigenvalue weighted by Crippen LogP contribution is -2.19. The second-order valence-electron chi connectivity index (χ2n) is 9.78. The Bertz CT molecular complexity index is 1880. The molecule has 3 heterocycles. The Hall–Kier alpha value is -6.10. The Morgan fingerprint density at radius 3 is 2.16 bits per heavy atom. The van der Waals surface area contributed by atoms with Crippen LogP contribution in [0.4, 0.5) is 11.5 Å². The molecule has 1 aliphatic rings. The van der Waals surface area contributed by atoms with Gasteiger partial charge in [0, 0.05) is 41.3 Å². The molecule has 0 saturated carbocycles. The van der Waals surface area contributed by atoms with Gasteiger partial charge in [-0.2, -0.15) is 10.2 Å². The number of anilines is 2. The van der Waals surface area contributed by atoms with Gasteiger partial charge in [-0.1, -0.05) is 24.3 Å². The van der Waals surface area contributed by atoms with Crippen LogP contribution in [0.5, 0.6) is 0 Å². The van der Waals surface area contributed by atoms with Crippen LogP contribution in [-0.2, 0) is 6.42 Å². The summed E-state index contributed by atoms with van der Waals surface area (Å²) in [6.45, 7) is 0.922. The van der Waals surface area contributed by atoms with E-state index in [1.54, 1.807) is 12.4 Å². The number of rotatable bonds is 8. The third-order valence-corrected chi connectivity index (χ3v) is 6.86. The van der Waals surface area contributed by atoms with E-state index in [2.05, 4.69) is 41.7 Å². The Kier molecular flexibility index (Phi) is 7.68. The van der Waals surface area contributed by atoms with Gasteiger partial charge in [-0.05, 0) is 83.1 Å². The fourth-order valence-corrected chi connectivity index (χ4v) is 4.56. The van der Waals surface area contributed by atoms with Gasteiger partial charge in [0.05, 0.1) is 18.0 Å². The summed E-state index contributed by atoms with van der Waals surface area (Å²) in [5, 5.41) is 15.1. The minimum Gasteiger partial charge on any atom is -0.384 e. The second-order valence-corrected chi connectivity index (χ2v) is 9.78. The third kappa shape index (κ3) is 6.46. The molecule has 0 fully saturated rings. The number of fused-ring (bicyclic) bond motifs is 2. The van der Waals surface area contributed by atoms with Gasteiger partial charge in [0.1, 0.15) is 5.82 Å². The molecule has 0 aliphatic carbocycles. The van der Waals surface area contributed by atoms with E-state index in [1.165, 1.54) is 48.2 Å². The van der Waals surface area contributed by atoms with Gasteiger partial charge in [-0.25, -0.2) is 15.8 Å². The Morgan fingerprint density at radius 2 is 1.42 bits per heavy atom. The highest BCUT2D eigenvalue weighted by Crippen LogP contribution is 2.22. The van der Waals surface area contributed by atoms with Gasteiger partial charge in [0.25, 0.3) is 17.7 Å². The van der Waals surface area contributed by atoms with Crippen LogP contribution in [-0.4, -0.2) is 46.7 Å². The number of hydrogen-bond donors (Lipinski definition) is 5. The Morgan fingerprint density at radius 1 is 0.744 bits per heavy atom. The first-order chi connectivity index (χ1) is 21.0. The van der Waals surface area contributed by atoms with Crippen LogP contribution in [0.15, 0.2) is 101 Å². The van der Waals surface area contributed by atoms with Crippen molar-refractivity contribution in [2.45, 2.75) is 6.42 Å². The van der Waals surface area contributed by atoms with E-state index >= 15 is 0 Å². The van der Waals surface area contributed by atoms with Gasteiger partial charge in [0.15, 0.2) is 0 Å². The van der Waals surface area contributed by atoms with E-state index in [-0.39, 0.29) is 11.4 Å². The number of H-pyrrole nitrogens is 1. The Labute approximate surface area is 246 Å². The van der Waals surface area contributed by atoms with Crippen molar-refractivity contribution < 1.29 is 14.4 Å². The molecule has 11 nitrogen and oxygen atoms in total. The topological polar surface area (TPSA) is 153 Å². The van der Waals surface area contributed by atoms with E-state index < -0.39 is 17.7 Å². The summed E-state index contributed by atoms with van der Waals surface area (Å²) in [5.41, 5.74) is 11.0. The molecule has 3 aromatic carbocycles. The summed E-state index contributed by atoms with van der Waals surface area (Å²) in [6.07, 6.45) is 7.35. The van der Waals surface area contributed by atoms with E-state index in [9.17, 15) is 14.4 Å². The first kappa shape index (κ1) is 27.1. The van der Waals surface area contributed by atoms with E-state index in [0.29, 0.717) is 11.1 Å². The highest BCUT2D eigenvalue weighted by molar-refractivity contribution is 6.05. The highest BCUT2D eigenvalue weighted by Gasteiger charge is 2.12. The van der Waals surface area contributed by atoms with Gasteiger partial charge in [-0.15, -0.1) is 0 Å². The third-order valence-electron chi connectivity index (χ3n) is 6.86. The molecular formula is C32H26N8O3. The number of nitrogens with zero attached hydrogens (tertiary/aromatic N) is 3. The molecule has 2 aromatic heterocycles. The first-order valence-electron chi connectivity index (χ1n) is 13.5. The molecule has 43 heavy (non-hydrogen) atoms. The largest absolute Gasteiger partial charge is 0.384 e. The summed E-state index contributed by atoms with van der Waals surface area (Å²) in [6, 6.07) is 22.9. The van der Waals surface area contributed by atoms with Crippen LogP contribution in [0.2, 0.25) is 0 Å². The molecule has 0 radical (unpaired) electrons. The van der Waals surface area contributed by atoms with Crippen molar-refractivity contribution in [3.8, 4) is 0 Å². The monoisotopic (exact) mass is 570 g/mol. The number of aromatic nitrogens is 2. The van der Waals surface area contributed by atoms with Crippen molar-refractivity contribution in [2.24, 2.45) is 10.2 Å². The minimum absolute atomic E-state index is 0.268. The summed E-state index contributed by atoms with van der Waals surface area (Å²) in [7, 11) is 0. The Balaban J connectivity index is 0.986. The molecule has 11 heteroatoms. The number of aromatic amines is 1. The van der Waals surface area contributed by atoms with Crippen LogP contribution in [0.3, 0.4) is 0 Å². The molecule has 6 rings (SSSR count). The molecule has 0 spiro atoms. The summed E-state index contributed by atoms with van der Waals surface area (Å²) < 4.78 is 0. The quantitative estimate of drug-likeness (QED) is 0.139. The fraction of sp³-hybridized carbons (Fsp3) is 0.0625. The van der Waals surface area contributed by atoms with Gasteiger partial charge < -0.3 is 15.6 Å². The number of hydrazone groups is 2. The molecule has 5 N–H and O–H groups in total. The van der Waals surface area contributed by atoms with Crippen molar-refractivity contribution in [1.82, 2.24) is 20.8 Å². The number of pyridine rings is 1. The summed E-state index contributed by atoms with van der Waals surface area (Å²) in [4.78, 5) is 44.9. The molecule has 212 valence electrons. The maximum absolute atomic E-state index is 12.7. The van der Waals surface area contributed by atoms with E-state index in [0.717, 1.165) is 40.7 Å². The molecular weight excluding hydrogens is 544 g/mol. The highest BCUT2D eigenvalue weighted by atomic mass is 16.2. The zero-order valence-corrected chi connectivity index (χ0v) is 22.8. The second kappa shape index (κ2) is 12.2. The average Bonchev–Trinajstić information content (AvgIpc) is 3.70. The molecule has 3 amide bonds. The fourth-order valence-electron chi connectivity index (χ4n) is 4.56. The van der Waals surface area contributed by atoms with Crippen molar-refractivity contribution in [2.75, 3.05) is 17.2 Å². The normalized spacial score (nSPS) is 12.3. The number of nitrogens with one attached hydrogen (secondary N) is 5. The zero-order chi connectivity index (χ0) is 29.6. The van der Waals surface area contributed by atoms with Crippen molar-refractivity contribution in [1.29, 1.82) is 0 Å². The molecule has 1 aliphatic heterocycles. The van der Waals surface area contributed by atoms with E-state index in [4.69, 9.17) is 0 Å². The van der Waals surface area contributed by atoms with Gasteiger partial charge in [-0.3, -0.25) is 14.4 Å². The van der Waals surface area contributed by atoms with Crippen molar-refractivity contribution in [3.05, 3.63) is 125 Å². The van der Waals surface area contributed by atoms with Crippen LogP contribution >= 0.6 is 0 Å². The standard InChI is InChI=1S/C32H26N8O3/c41-30(24-5-7-25(8-6-24)31(42)39-36-17-20-1-3-22-11-13-33-27(22)15-20)38-29-10-9-26(19-35-29)32(43)40-37-18-21-2-4-23-12-14-34-28(23)16-21/h1-11,13,15-19,33-34H,12,14H2,(H,39,42)(H,40,43)(H,35,38,41)/b36-17+,37-18+. The zero-order valence-electron chi connectivity index (χ0n) is 22.8. The lowest BCUT2D eigenvalue weighted by atomic mass is 10.1. The van der Waals surface area contributed by atoms with Crippen LogP contribution in [0.25, 0.3) is 10.9 Å². The smallest absolute Gasteiger partial charge is 0.272 e. The lowest BCUT2D eigenvalue weighted by Gasteiger charge is -2.06. The molecule has 0 bridgehead atoms. The molecule has 0 atom stereocenters. The SMILES string of the molecule is O=C(N/N=C/c1ccc2cc[nH]c2c1)c1ccc(C(=O)Nc2ccc(C(=O)N/N=C/c3ccc4c(c3)NCC4)cn2)cc1. The summed E-state index contributed by atoms with van der Waals surface area (Å²) >= 11 is 0. The van der Waals surface area contributed by atoms with Crippen LogP contribution in [0.1, 0.15) is 47.8 Å². The number of hydrogen-bond acceptors (Lipinski definition) is 7. The molecule has 5 aromatic rings. The van der Waals surface area contributed by atoms with E-state index in [1.807, 2.05) is 48.7 Å². The maximum atomic E-state index is 12.7. The summed E-state index contributed by atoms with van der Waals surface area (Å²) in [5.74, 6) is -0.985. The first-order valence-corrected chi connectivity index (χ1v) is 13.5. The lowest BCUT2D eigenvalue weighted by molar-refractivity contribution is 0.0946. The predicted molar refractivity (Wildman–Crippen MR) is 166 cm³/mol. The number of carbonyl (C=O) groups excluding carboxylic acids is 3. The number of amides is 3. The van der Waals surface area contributed by atoms with Crippen molar-refractivity contribution in [3.63, 3.8) is 0 Å². The maximum Gasteiger partial charge on any atom is 0.272 e. The molecule has 0 saturated heterocycles. The molecule has 0 unspecified atom stereocenters. The number of benzene rings is 3. The van der Waals surface area contributed by atoms with Crippen LogP contribution < -0.4 is 21.5 Å². The van der Waals surface area contributed by atoms with Crippen molar-refractivity contribution >= 4 is 52.6 Å².